The largest absolute Gasteiger partial charge is 0.435 e. The normalized spacial score (nSPS) is 10.5. The van der Waals surface area contributed by atoms with Gasteiger partial charge in [-0.2, -0.15) is 8.78 Å². The molecule has 1 aromatic heterocycles. The molecule has 0 aliphatic heterocycles. The summed E-state index contributed by atoms with van der Waals surface area (Å²) in [6.45, 7) is -2.33. The number of anilines is 1. The molecule has 1 aromatic carbocycles. The van der Waals surface area contributed by atoms with Crippen LogP contribution in [0.3, 0.4) is 0 Å². The Bertz CT molecular complexity index is 534. The minimum absolute atomic E-state index is 0.151. The van der Waals surface area contributed by atoms with E-state index in [9.17, 15) is 8.78 Å². The second-order valence-corrected chi connectivity index (χ2v) is 4.66. The summed E-state index contributed by atoms with van der Waals surface area (Å²) in [7, 11) is 0. The van der Waals surface area contributed by atoms with E-state index in [1.807, 2.05) is 18.2 Å². The lowest BCUT2D eigenvalue weighted by atomic mass is 10.2. The zero-order chi connectivity index (χ0) is 13.7. The highest BCUT2D eigenvalue weighted by Gasteiger charge is 2.04. The van der Waals surface area contributed by atoms with E-state index in [2.05, 4.69) is 31.0 Å². The van der Waals surface area contributed by atoms with E-state index < -0.39 is 6.61 Å². The first-order valence-corrected chi connectivity index (χ1v) is 6.32. The van der Waals surface area contributed by atoms with E-state index in [1.165, 1.54) is 6.07 Å². The third-order valence-electron chi connectivity index (χ3n) is 2.32. The summed E-state index contributed by atoms with van der Waals surface area (Å²) < 4.78 is 29.4. The first-order chi connectivity index (χ1) is 9.13. The van der Waals surface area contributed by atoms with Crippen LogP contribution in [-0.2, 0) is 6.54 Å². The third-order valence-corrected chi connectivity index (χ3v) is 2.79. The second kappa shape index (κ2) is 6.47. The van der Waals surface area contributed by atoms with E-state index in [0.29, 0.717) is 12.4 Å². The average Bonchev–Trinajstić information content (AvgIpc) is 2.38. The maximum Gasteiger partial charge on any atom is 0.387 e. The van der Waals surface area contributed by atoms with E-state index in [4.69, 9.17) is 0 Å². The van der Waals surface area contributed by atoms with Crippen LogP contribution in [0.2, 0.25) is 0 Å². The Morgan fingerprint density at radius 1 is 1.26 bits per heavy atom. The number of ether oxygens (including phenoxy) is 1. The standard InChI is InChI=1S/C13H11BrF2N2O/c14-10-4-5-12(18-8-10)17-7-9-2-1-3-11(6-9)19-13(15)16/h1-6,8,13H,7H2,(H,17,18). The monoisotopic (exact) mass is 328 g/mol. The van der Waals surface area contributed by atoms with Crippen LogP contribution < -0.4 is 10.1 Å². The first kappa shape index (κ1) is 13.7. The fourth-order valence-corrected chi connectivity index (χ4v) is 1.74. The first-order valence-electron chi connectivity index (χ1n) is 5.52. The highest BCUT2D eigenvalue weighted by molar-refractivity contribution is 9.10. The minimum Gasteiger partial charge on any atom is -0.435 e. The van der Waals surface area contributed by atoms with E-state index in [-0.39, 0.29) is 5.75 Å². The number of hydrogen-bond donors (Lipinski definition) is 1. The summed E-state index contributed by atoms with van der Waals surface area (Å²) >= 11 is 3.30. The summed E-state index contributed by atoms with van der Waals surface area (Å²) in [5.41, 5.74) is 0.836. The summed E-state index contributed by atoms with van der Waals surface area (Å²) in [6, 6.07) is 10.2. The predicted molar refractivity (Wildman–Crippen MR) is 72.3 cm³/mol. The van der Waals surface area contributed by atoms with Gasteiger partial charge in [-0.15, -0.1) is 0 Å². The molecule has 6 heteroatoms. The van der Waals surface area contributed by atoms with Crippen LogP contribution >= 0.6 is 15.9 Å². The van der Waals surface area contributed by atoms with E-state index in [1.54, 1.807) is 18.3 Å². The number of nitrogens with one attached hydrogen (secondary N) is 1. The Balaban J connectivity index is 1.97. The van der Waals surface area contributed by atoms with Crippen molar-refractivity contribution >= 4 is 21.7 Å². The van der Waals surface area contributed by atoms with Gasteiger partial charge in [-0.3, -0.25) is 0 Å². The Labute approximate surface area is 117 Å². The predicted octanol–water partition coefficient (Wildman–Crippen LogP) is 4.06. The molecule has 19 heavy (non-hydrogen) atoms. The van der Waals surface area contributed by atoms with Gasteiger partial charge in [0, 0.05) is 17.2 Å². The SMILES string of the molecule is FC(F)Oc1cccc(CNc2ccc(Br)cn2)c1. The molecule has 100 valence electrons. The lowest BCUT2D eigenvalue weighted by Gasteiger charge is -2.08. The number of benzene rings is 1. The average molecular weight is 329 g/mol. The van der Waals surface area contributed by atoms with Crippen molar-refractivity contribution in [2.45, 2.75) is 13.2 Å². The van der Waals surface area contributed by atoms with Crippen molar-refractivity contribution in [2.24, 2.45) is 0 Å². The maximum atomic E-state index is 12.1. The van der Waals surface area contributed by atoms with Crippen LogP contribution in [0, 0.1) is 0 Å². The maximum absolute atomic E-state index is 12.1. The van der Waals surface area contributed by atoms with Gasteiger partial charge in [-0.05, 0) is 45.8 Å². The van der Waals surface area contributed by atoms with Crippen molar-refractivity contribution in [3.63, 3.8) is 0 Å². The molecular weight excluding hydrogens is 318 g/mol. The number of halogens is 3. The molecule has 0 spiro atoms. The van der Waals surface area contributed by atoms with Crippen LogP contribution in [0.4, 0.5) is 14.6 Å². The van der Waals surface area contributed by atoms with Crippen LogP contribution in [0.1, 0.15) is 5.56 Å². The van der Waals surface area contributed by atoms with Gasteiger partial charge >= 0.3 is 6.61 Å². The molecular formula is C13H11BrF2N2O. The van der Waals surface area contributed by atoms with Gasteiger partial charge in [0.05, 0.1) is 0 Å². The van der Waals surface area contributed by atoms with Gasteiger partial charge in [0.2, 0.25) is 0 Å². The molecule has 2 aromatic rings. The number of aromatic nitrogens is 1. The third kappa shape index (κ3) is 4.48. The van der Waals surface area contributed by atoms with Crippen molar-refractivity contribution in [2.75, 3.05) is 5.32 Å². The number of nitrogens with zero attached hydrogens (tertiary/aromatic N) is 1. The molecule has 0 atom stereocenters. The van der Waals surface area contributed by atoms with Gasteiger partial charge in [-0.1, -0.05) is 12.1 Å². The summed E-state index contributed by atoms with van der Waals surface area (Å²) in [5, 5.41) is 3.09. The highest BCUT2D eigenvalue weighted by Crippen LogP contribution is 2.17. The fraction of sp³-hybridized carbons (Fsp3) is 0.154. The molecule has 0 fully saturated rings. The van der Waals surface area contributed by atoms with Crippen molar-refractivity contribution in [1.29, 1.82) is 0 Å². The topological polar surface area (TPSA) is 34.1 Å². The van der Waals surface area contributed by atoms with Crippen LogP contribution in [0.15, 0.2) is 47.1 Å². The van der Waals surface area contributed by atoms with Crippen molar-refractivity contribution in [3.05, 3.63) is 52.6 Å². The minimum atomic E-state index is -2.81. The number of alkyl halides is 2. The molecule has 0 aliphatic carbocycles. The lowest BCUT2D eigenvalue weighted by molar-refractivity contribution is -0.0498. The molecule has 1 N–H and O–H groups in total. The molecule has 1 heterocycles. The molecule has 0 amide bonds. The quantitative estimate of drug-likeness (QED) is 0.898. The summed E-state index contributed by atoms with van der Waals surface area (Å²) in [4.78, 5) is 4.15. The number of hydrogen-bond acceptors (Lipinski definition) is 3. The Hall–Kier alpha value is -1.69. The van der Waals surface area contributed by atoms with Crippen LogP contribution in [0.25, 0.3) is 0 Å². The molecule has 0 aliphatic rings. The number of pyridine rings is 1. The van der Waals surface area contributed by atoms with Gasteiger partial charge in [0.15, 0.2) is 0 Å². The van der Waals surface area contributed by atoms with Crippen LogP contribution in [0.5, 0.6) is 5.75 Å². The molecule has 2 rings (SSSR count). The van der Waals surface area contributed by atoms with E-state index >= 15 is 0 Å². The van der Waals surface area contributed by atoms with E-state index in [0.717, 1.165) is 10.0 Å². The lowest BCUT2D eigenvalue weighted by Crippen LogP contribution is -2.04. The van der Waals surface area contributed by atoms with Gasteiger partial charge in [0.25, 0.3) is 0 Å². The van der Waals surface area contributed by atoms with Crippen molar-refractivity contribution < 1.29 is 13.5 Å². The van der Waals surface area contributed by atoms with Crippen molar-refractivity contribution in [3.8, 4) is 5.75 Å². The molecule has 3 nitrogen and oxygen atoms in total. The Kier molecular flexibility index (Phi) is 4.68. The molecule has 0 unspecified atom stereocenters. The van der Waals surface area contributed by atoms with Gasteiger partial charge in [-0.25, -0.2) is 4.98 Å². The molecule has 0 bridgehead atoms. The molecule has 0 radical (unpaired) electrons. The zero-order valence-electron chi connectivity index (χ0n) is 9.82. The van der Waals surface area contributed by atoms with Crippen LogP contribution in [-0.4, -0.2) is 11.6 Å². The fourth-order valence-electron chi connectivity index (χ4n) is 1.50. The van der Waals surface area contributed by atoms with Crippen molar-refractivity contribution in [1.82, 2.24) is 4.98 Å². The molecule has 0 saturated heterocycles. The number of rotatable bonds is 5. The highest BCUT2D eigenvalue weighted by atomic mass is 79.9. The van der Waals surface area contributed by atoms with Gasteiger partial charge in [0.1, 0.15) is 11.6 Å². The molecule has 0 saturated carbocycles. The Morgan fingerprint density at radius 3 is 2.79 bits per heavy atom. The smallest absolute Gasteiger partial charge is 0.387 e. The zero-order valence-corrected chi connectivity index (χ0v) is 11.4. The van der Waals surface area contributed by atoms with Gasteiger partial charge < -0.3 is 10.1 Å². The summed E-state index contributed by atoms with van der Waals surface area (Å²) in [5.74, 6) is 0.862. The second-order valence-electron chi connectivity index (χ2n) is 3.74. The Morgan fingerprint density at radius 2 is 2.11 bits per heavy atom. The summed E-state index contributed by atoms with van der Waals surface area (Å²) in [6.07, 6.45) is 1.68.